The highest BCUT2D eigenvalue weighted by Crippen LogP contribution is 2.14. The van der Waals surface area contributed by atoms with Gasteiger partial charge in [-0.2, -0.15) is 0 Å². The number of rotatable bonds is 8. The van der Waals surface area contributed by atoms with Crippen LogP contribution >= 0.6 is 0 Å². The van der Waals surface area contributed by atoms with Gasteiger partial charge in [-0.3, -0.25) is 4.79 Å². The van der Waals surface area contributed by atoms with E-state index in [2.05, 4.69) is 37.4 Å². The van der Waals surface area contributed by atoms with Gasteiger partial charge in [-0.05, 0) is 56.9 Å². The average molecular weight is 263 g/mol. The van der Waals surface area contributed by atoms with Gasteiger partial charge in [-0.15, -0.1) is 0 Å². The van der Waals surface area contributed by atoms with Crippen LogP contribution in [0.4, 0.5) is 5.69 Å². The molecule has 1 aromatic carbocycles. The van der Waals surface area contributed by atoms with Gasteiger partial charge < -0.3 is 10.1 Å². The van der Waals surface area contributed by atoms with Crippen molar-refractivity contribution < 1.29 is 9.53 Å². The molecule has 0 radical (unpaired) electrons. The van der Waals surface area contributed by atoms with Crippen LogP contribution in [0.2, 0.25) is 0 Å². The molecule has 0 fully saturated rings. The summed E-state index contributed by atoms with van der Waals surface area (Å²) in [4.78, 5) is 11.1. The highest BCUT2D eigenvalue weighted by molar-refractivity contribution is 5.69. The molecule has 106 valence electrons. The molecule has 0 aliphatic rings. The third kappa shape index (κ3) is 6.27. The molecular formula is C16H25NO2. The van der Waals surface area contributed by atoms with Crippen LogP contribution in [0.3, 0.4) is 0 Å². The first-order valence-electron chi connectivity index (χ1n) is 7.10. The molecule has 0 unspecified atom stereocenters. The van der Waals surface area contributed by atoms with Gasteiger partial charge in [0, 0.05) is 18.7 Å². The monoisotopic (exact) mass is 263 g/mol. The summed E-state index contributed by atoms with van der Waals surface area (Å²) >= 11 is 0. The number of nitrogens with one attached hydrogen (secondary N) is 1. The largest absolute Gasteiger partial charge is 0.466 e. The summed E-state index contributed by atoms with van der Waals surface area (Å²) in [5, 5.41) is 3.41. The zero-order chi connectivity index (χ0) is 14.1. The minimum absolute atomic E-state index is 0.0791. The molecule has 0 bridgehead atoms. The van der Waals surface area contributed by atoms with Crippen molar-refractivity contribution in [1.29, 1.82) is 0 Å². The third-order valence-corrected chi connectivity index (χ3v) is 3.20. The smallest absolute Gasteiger partial charge is 0.305 e. The topological polar surface area (TPSA) is 38.3 Å². The van der Waals surface area contributed by atoms with Crippen LogP contribution in [-0.2, 0) is 9.53 Å². The summed E-state index contributed by atoms with van der Waals surface area (Å²) in [5.74, 6) is -0.0791. The molecule has 1 N–H and O–H groups in total. The van der Waals surface area contributed by atoms with Gasteiger partial charge in [0.15, 0.2) is 0 Å². The first-order valence-corrected chi connectivity index (χ1v) is 7.10. The predicted molar refractivity (Wildman–Crippen MR) is 79.5 cm³/mol. The van der Waals surface area contributed by atoms with E-state index in [9.17, 15) is 4.79 Å². The van der Waals surface area contributed by atoms with Crippen LogP contribution in [0.15, 0.2) is 18.2 Å². The maximum Gasteiger partial charge on any atom is 0.305 e. The van der Waals surface area contributed by atoms with Crippen LogP contribution in [0, 0.1) is 13.8 Å². The summed E-state index contributed by atoms with van der Waals surface area (Å²) in [6.07, 6.45) is 3.58. The number of benzene rings is 1. The van der Waals surface area contributed by atoms with Gasteiger partial charge in [-0.25, -0.2) is 0 Å². The molecule has 0 aliphatic heterocycles. The molecule has 0 atom stereocenters. The van der Waals surface area contributed by atoms with Crippen LogP contribution in [0.1, 0.15) is 43.7 Å². The number of anilines is 1. The van der Waals surface area contributed by atoms with Crippen molar-refractivity contribution in [3.05, 3.63) is 29.3 Å². The fourth-order valence-electron chi connectivity index (χ4n) is 1.89. The summed E-state index contributed by atoms with van der Waals surface area (Å²) in [7, 11) is 0. The Morgan fingerprint density at radius 1 is 1.16 bits per heavy atom. The SMILES string of the molecule is CCOC(=O)CCCCCNc1ccc(C)c(C)c1. The average Bonchev–Trinajstić information content (AvgIpc) is 2.38. The van der Waals surface area contributed by atoms with E-state index in [1.54, 1.807) is 0 Å². The lowest BCUT2D eigenvalue weighted by Gasteiger charge is -2.08. The molecule has 0 heterocycles. The van der Waals surface area contributed by atoms with Gasteiger partial charge >= 0.3 is 5.97 Å². The van der Waals surface area contributed by atoms with E-state index in [0.29, 0.717) is 13.0 Å². The van der Waals surface area contributed by atoms with Gasteiger partial charge in [0.25, 0.3) is 0 Å². The molecule has 19 heavy (non-hydrogen) atoms. The number of esters is 1. The Morgan fingerprint density at radius 3 is 2.63 bits per heavy atom. The third-order valence-electron chi connectivity index (χ3n) is 3.20. The Labute approximate surface area is 116 Å². The molecule has 0 saturated carbocycles. The normalized spacial score (nSPS) is 10.3. The minimum Gasteiger partial charge on any atom is -0.466 e. The lowest BCUT2D eigenvalue weighted by Crippen LogP contribution is -2.05. The van der Waals surface area contributed by atoms with Crippen LogP contribution in [-0.4, -0.2) is 19.1 Å². The van der Waals surface area contributed by atoms with Crippen molar-refractivity contribution in [2.45, 2.75) is 46.5 Å². The summed E-state index contributed by atoms with van der Waals surface area (Å²) in [6, 6.07) is 6.42. The van der Waals surface area contributed by atoms with Crippen molar-refractivity contribution in [2.24, 2.45) is 0 Å². The van der Waals surface area contributed by atoms with E-state index < -0.39 is 0 Å². The number of aryl methyl sites for hydroxylation is 2. The Morgan fingerprint density at radius 2 is 1.95 bits per heavy atom. The van der Waals surface area contributed by atoms with Crippen molar-refractivity contribution in [3.63, 3.8) is 0 Å². The number of hydrogen-bond acceptors (Lipinski definition) is 3. The summed E-state index contributed by atoms with van der Waals surface area (Å²) in [5.41, 5.74) is 3.81. The van der Waals surface area contributed by atoms with Crippen molar-refractivity contribution in [3.8, 4) is 0 Å². The van der Waals surface area contributed by atoms with Crippen molar-refractivity contribution >= 4 is 11.7 Å². The number of unbranched alkanes of at least 4 members (excludes halogenated alkanes) is 2. The molecule has 0 spiro atoms. The first-order chi connectivity index (χ1) is 9.13. The van der Waals surface area contributed by atoms with E-state index in [1.807, 2.05) is 6.92 Å². The fourth-order valence-corrected chi connectivity index (χ4v) is 1.89. The molecule has 0 amide bonds. The second-order valence-electron chi connectivity index (χ2n) is 4.84. The second kappa shape index (κ2) is 8.57. The Balaban J connectivity index is 2.10. The molecule has 1 aromatic rings. The lowest BCUT2D eigenvalue weighted by molar-refractivity contribution is -0.143. The molecule has 0 aliphatic carbocycles. The Hall–Kier alpha value is -1.51. The van der Waals surface area contributed by atoms with E-state index in [4.69, 9.17) is 4.74 Å². The van der Waals surface area contributed by atoms with E-state index in [-0.39, 0.29) is 5.97 Å². The second-order valence-corrected chi connectivity index (χ2v) is 4.84. The molecule has 0 saturated heterocycles. The highest BCUT2D eigenvalue weighted by Gasteiger charge is 2.00. The zero-order valence-corrected chi connectivity index (χ0v) is 12.3. The van der Waals surface area contributed by atoms with Crippen molar-refractivity contribution in [2.75, 3.05) is 18.5 Å². The summed E-state index contributed by atoms with van der Waals surface area (Å²) < 4.78 is 4.89. The number of carbonyl (C=O) groups is 1. The molecule has 0 aromatic heterocycles. The van der Waals surface area contributed by atoms with E-state index in [0.717, 1.165) is 25.8 Å². The molecule has 3 heteroatoms. The van der Waals surface area contributed by atoms with E-state index in [1.165, 1.54) is 16.8 Å². The maximum atomic E-state index is 11.1. The van der Waals surface area contributed by atoms with Gasteiger partial charge in [0.1, 0.15) is 0 Å². The molecular weight excluding hydrogens is 238 g/mol. The van der Waals surface area contributed by atoms with Crippen LogP contribution < -0.4 is 5.32 Å². The van der Waals surface area contributed by atoms with Gasteiger partial charge in [0.05, 0.1) is 6.61 Å². The zero-order valence-electron chi connectivity index (χ0n) is 12.3. The van der Waals surface area contributed by atoms with E-state index >= 15 is 0 Å². The Kier molecular flexibility index (Phi) is 7.01. The van der Waals surface area contributed by atoms with Crippen molar-refractivity contribution in [1.82, 2.24) is 0 Å². The molecule has 1 rings (SSSR count). The minimum atomic E-state index is -0.0791. The standard InChI is InChI=1S/C16H25NO2/c1-4-19-16(18)8-6-5-7-11-17-15-10-9-13(2)14(3)12-15/h9-10,12,17H,4-8,11H2,1-3H3. The highest BCUT2D eigenvalue weighted by atomic mass is 16.5. The number of ether oxygens (including phenoxy) is 1. The van der Waals surface area contributed by atoms with Crippen LogP contribution in [0.25, 0.3) is 0 Å². The molecule has 3 nitrogen and oxygen atoms in total. The Bertz CT molecular complexity index is 402. The van der Waals surface area contributed by atoms with Crippen LogP contribution in [0.5, 0.6) is 0 Å². The van der Waals surface area contributed by atoms with Gasteiger partial charge in [-0.1, -0.05) is 12.5 Å². The summed E-state index contributed by atoms with van der Waals surface area (Å²) in [6.45, 7) is 7.51. The first kappa shape index (κ1) is 15.5. The number of carbonyl (C=O) groups excluding carboxylic acids is 1. The maximum absolute atomic E-state index is 11.1. The fraction of sp³-hybridized carbons (Fsp3) is 0.562. The number of hydrogen-bond donors (Lipinski definition) is 1. The lowest BCUT2D eigenvalue weighted by atomic mass is 10.1. The van der Waals surface area contributed by atoms with Gasteiger partial charge in [0.2, 0.25) is 0 Å². The quantitative estimate of drug-likeness (QED) is 0.572. The predicted octanol–water partition coefficient (Wildman–Crippen LogP) is 3.84.